The molecular weight excluding hydrogens is 328 g/mol. The van der Waals surface area contributed by atoms with Crippen molar-refractivity contribution in [2.75, 3.05) is 0 Å². The SMILES string of the molecule is Cc1cc(C)c(-[n+]2ccccc2C)c(C)c1-c1cc2ccccc2c[n+]1C. The highest BCUT2D eigenvalue weighted by Crippen LogP contribution is 2.31. The van der Waals surface area contributed by atoms with Gasteiger partial charge in [-0.2, -0.15) is 4.57 Å². The van der Waals surface area contributed by atoms with E-state index >= 15 is 0 Å². The summed E-state index contributed by atoms with van der Waals surface area (Å²) in [5.41, 5.74) is 9.02. The molecule has 0 amide bonds. The summed E-state index contributed by atoms with van der Waals surface area (Å²) in [5.74, 6) is 0. The van der Waals surface area contributed by atoms with Crippen LogP contribution in [-0.4, -0.2) is 0 Å². The Labute approximate surface area is 161 Å². The fourth-order valence-electron chi connectivity index (χ4n) is 4.26. The number of aryl methyl sites for hydroxylation is 4. The van der Waals surface area contributed by atoms with Crippen LogP contribution in [0.2, 0.25) is 0 Å². The van der Waals surface area contributed by atoms with Crippen LogP contribution < -0.4 is 9.13 Å². The van der Waals surface area contributed by atoms with E-state index in [2.05, 4.69) is 111 Å². The molecule has 2 heteroatoms. The number of aromatic nitrogens is 2. The van der Waals surface area contributed by atoms with E-state index < -0.39 is 0 Å². The lowest BCUT2D eigenvalue weighted by molar-refractivity contribution is -0.659. The van der Waals surface area contributed by atoms with Crippen molar-refractivity contribution in [2.45, 2.75) is 27.7 Å². The number of rotatable bonds is 2. The van der Waals surface area contributed by atoms with Crippen LogP contribution in [0.25, 0.3) is 27.7 Å². The molecule has 2 nitrogen and oxygen atoms in total. The first-order valence-electron chi connectivity index (χ1n) is 9.44. The van der Waals surface area contributed by atoms with Gasteiger partial charge in [-0.1, -0.05) is 24.3 Å². The molecular formula is C25H26N2+2. The largest absolute Gasteiger partial charge is 0.217 e. The molecule has 0 aliphatic carbocycles. The Morgan fingerprint density at radius 3 is 2.19 bits per heavy atom. The van der Waals surface area contributed by atoms with Crippen LogP contribution in [0.5, 0.6) is 0 Å². The first kappa shape index (κ1) is 17.4. The fourth-order valence-corrected chi connectivity index (χ4v) is 4.26. The highest BCUT2D eigenvalue weighted by Gasteiger charge is 2.25. The summed E-state index contributed by atoms with van der Waals surface area (Å²) in [6.45, 7) is 8.84. The first-order valence-corrected chi connectivity index (χ1v) is 9.44. The van der Waals surface area contributed by atoms with Gasteiger partial charge >= 0.3 is 0 Å². The minimum Gasteiger partial charge on any atom is -0.200 e. The van der Waals surface area contributed by atoms with Gasteiger partial charge in [-0.15, -0.1) is 0 Å². The van der Waals surface area contributed by atoms with E-state index in [1.807, 2.05) is 0 Å². The molecule has 0 N–H and O–H groups in total. The maximum Gasteiger partial charge on any atom is 0.217 e. The lowest BCUT2D eigenvalue weighted by Gasteiger charge is -2.14. The minimum absolute atomic E-state index is 1.24. The van der Waals surface area contributed by atoms with Crippen molar-refractivity contribution in [1.29, 1.82) is 0 Å². The van der Waals surface area contributed by atoms with Gasteiger partial charge in [0.25, 0.3) is 0 Å². The van der Waals surface area contributed by atoms with E-state index in [-0.39, 0.29) is 0 Å². The Kier molecular flexibility index (Phi) is 4.27. The molecule has 0 aliphatic rings. The van der Waals surface area contributed by atoms with Crippen molar-refractivity contribution in [1.82, 2.24) is 0 Å². The Hall–Kier alpha value is -3.00. The average molecular weight is 354 g/mol. The molecule has 0 saturated carbocycles. The molecule has 0 radical (unpaired) electrons. The summed E-state index contributed by atoms with van der Waals surface area (Å²) in [5, 5.41) is 2.54. The Balaban J connectivity index is 2.04. The van der Waals surface area contributed by atoms with Crippen molar-refractivity contribution in [2.24, 2.45) is 7.05 Å². The van der Waals surface area contributed by atoms with Crippen LogP contribution in [0, 0.1) is 27.7 Å². The molecule has 0 aliphatic heterocycles. The number of hydrogen-bond acceptors (Lipinski definition) is 0. The van der Waals surface area contributed by atoms with Crippen LogP contribution >= 0.6 is 0 Å². The second-order valence-electron chi connectivity index (χ2n) is 7.47. The van der Waals surface area contributed by atoms with Crippen molar-refractivity contribution in [3.8, 4) is 16.9 Å². The predicted octanol–water partition coefficient (Wildman–Crippen LogP) is 4.84. The molecule has 4 rings (SSSR count). The summed E-state index contributed by atoms with van der Waals surface area (Å²) < 4.78 is 4.55. The zero-order valence-corrected chi connectivity index (χ0v) is 16.7. The van der Waals surface area contributed by atoms with Gasteiger partial charge in [0.1, 0.15) is 7.05 Å². The Morgan fingerprint density at radius 2 is 1.44 bits per heavy atom. The van der Waals surface area contributed by atoms with Crippen molar-refractivity contribution < 1.29 is 9.13 Å². The second kappa shape index (κ2) is 6.62. The number of fused-ring (bicyclic) bond motifs is 1. The van der Waals surface area contributed by atoms with Crippen LogP contribution in [0.3, 0.4) is 0 Å². The predicted molar refractivity (Wildman–Crippen MR) is 111 cm³/mol. The van der Waals surface area contributed by atoms with Gasteiger partial charge in [0, 0.05) is 41.6 Å². The van der Waals surface area contributed by atoms with Gasteiger partial charge < -0.3 is 0 Å². The first-order chi connectivity index (χ1) is 13.0. The molecule has 134 valence electrons. The van der Waals surface area contributed by atoms with Gasteiger partial charge in [0.15, 0.2) is 18.1 Å². The molecule has 0 fully saturated rings. The standard InChI is InChI=1S/C25H26N2/c1-17-14-18(2)25(27-13-9-8-10-19(27)3)20(4)24(17)23-15-21-11-6-7-12-22(21)16-26(23)5/h6-16H,1-5H3/q+2. The van der Waals surface area contributed by atoms with Gasteiger partial charge in [-0.05, 0) is 43.9 Å². The monoisotopic (exact) mass is 354 g/mol. The molecule has 0 unspecified atom stereocenters. The number of hydrogen-bond donors (Lipinski definition) is 0. The van der Waals surface area contributed by atoms with E-state index in [1.54, 1.807) is 0 Å². The molecule has 2 heterocycles. The average Bonchev–Trinajstić information content (AvgIpc) is 2.63. The van der Waals surface area contributed by atoms with Crippen molar-refractivity contribution in [3.05, 3.63) is 89.4 Å². The van der Waals surface area contributed by atoms with Crippen LogP contribution in [0.15, 0.2) is 67.0 Å². The lowest BCUT2D eigenvalue weighted by atomic mass is 9.93. The summed E-state index contributed by atoms with van der Waals surface area (Å²) in [4.78, 5) is 0. The van der Waals surface area contributed by atoms with Gasteiger partial charge in [0.05, 0.1) is 5.56 Å². The number of nitrogens with zero attached hydrogens (tertiary/aromatic N) is 2. The molecule has 0 bridgehead atoms. The molecule has 27 heavy (non-hydrogen) atoms. The third-order valence-electron chi connectivity index (χ3n) is 5.49. The minimum atomic E-state index is 1.24. The van der Waals surface area contributed by atoms with Gasteiger partial charge in [-0.25, -0.2) is 4.57 Å². The second-order valence-corrected chi connectivity index (χ2v) is 7.47. The quantitative estimate of drug-likeness (QED) is 0.455. The maximum absolute atomic E-state index is 2.31. The Bertz CT molecular complexity index is 1170. The summed E-state index contributed by atoms with van der Waals surface area (Å²) >= 11 is 0. The van der Waals surface area contributed by atoms with E-state index in [0.29, 0.717) is 0 Å². The third kappa shape index (κ3) is 2.91. The van der Waals surface area contributed by atoms with E-state index in [9.17, 15) is 0 Å². The van der Waals surface area contributed by atoms with E-state index in [4.69, 9.17) is 0 Å². The van der Waals surface area contributed by atoms with Gasteiger partial charge in [-0.3, -0.25) is 0 Å². The molecule has 2 aromatic heterocycles. The van der Waals surface area contributed by atoms with E-state index in [0.717, 1.165) is 0 Å². The fraction of sp³-hybridized carbons (Fsp3) is 0.200. The highest BCUT2D eigenvalue weighted by molar-refractivity contribution is 5.85. The lowest BCUT2D eigenvalue weighted by Crippen LogP contribution is -2.36. The van der Waals surface area contributed by atoms with Crippen LogP contribution in [0.1, 0.15) is 22.4 Å². The number of benzene rings is 2. The molecule has 0 spiro atoms. The third-order valence-corrected chi connectivity index (χ3v) is 5.49. The van der Waals surface area contributed by atoms with E-state index in [1.165, 1.54) is 50.1 Å². The van der Waals surface area contributed by atoms with Gasteiger partial charge in [0.2, 0.25) is 11.4 Å². The molecule has 2 aromatic carbocycles. The van der Waals surface area contributed by atoms with Crippen LogP contribution in [-0.2, 0) is 7.05 Å². The maximum atomic E-state index is 2.31. The number of pyridine rings is 2. The molecule has 0 saturated heterocycles. The molecule has 4 aromatic rings. The van der Waals surface area contributed by atoms with Crippen LogP contribution in [0.4, 0.5) is 0 Å². The smallest absolute Gasteiger partial charge is 0.200 e. The summed E-state index contributed by atoms with van der Waals surface area (Å²) in [7, 11) is 2.14. The highest BCUT2D eigenvalue weighted by atomic mass is 15.0. The zero-order chi connectivity index (χ0) is 19.1. The Morgan fingerprint density at radius 1 is 0.741 bits per heavy atom. The zero-order valence-electron chi connectivity index (χ0n) is 16.7. The van der Waals surface area contributed by atoms with Crippen molar-refractivity contribution in [3.63, 3.8) is 0 Å². The normalized spacial score (nSPS) is 11.1. The van der Waals surface area contributed by atoms with Crippen molar-refractivity contribution >= 4 is 10.8 Å². The summed E-state index contributed by atoms with van der Waals surface area (Å²) in [6, 6.07) is 19.5. The topological polar surface area (TPSA) is 7.76 Å². The summed E-state index contributed by atoms with van der Waals surface area (Å²) in [6.07, 6.45) is 4.38. The molecule has 0 atom stereocenters.